The minimum Gasteiger partial charge on any atom is -0.338 e. The van der Waals surface area contributed by atoms with Crippen molar-refractivity contribution in [2.45, 2.75) is 25.8 Å². The third-order valence-corrected chi connectivity index (χ3v) is 6.82. The van der Waals surface area contributed by atoms with E-state index < -0.39 is 0 Å². The zero-order chi connectivity index (χ0) is 24.7. The number of aryl methyl sites for hydroxylation is 1. The zero-order valence-corrected chi connectivity index (χ0v) is 20.4. The predicted octanol–water partition coefficient (Wildman–Crippen LogP) is 3.31. The van der Waals surface area contributed by atoms with E-state index in [2.05, 4.69) is 34.7 Å². The highest BCUT2D eigenvalue weighted by atomic mass is 16.2. The quantitative estimate of drug-likeness (QED) is 0.419. The van der Waals surface area contributed by atoms with Crippen molar-refractivity contribution >= 4 is 27.7 Å². The summed E-state index contributed by atoms with van der Waals surface area (Å²) in [4.78, 5) is 34.6. The monoisotopic (exact) mass is 470 g/mol. The molecule has 2 aromatic heterocycles. The van der Waals surface area contributed by atoms with Crippen LogP contribution in [0.2, 0.25) is 0 Å². The van der Waals surface area contributed by atoms with E-state index in [1.165, 1.54) is 6.08 Å². The SMILES string of the molecule is C=CC(=O)N1CC(c2nc3ccc(-c4c(C)ccc5[nH]ncc45)cc3c(=O)n2CCCN(C)C)C1. The van der Waals surface area contributed by atoms with Gasteiger partial charge in [-0.05, 0) is 75.0 Å². The van der Waals surface area contributed by atoms with E-state index in [-0.39, 0.29) is 17.4 Å². The fraction of sp³-hybridized carbons (Fsp3) is 0.333. The number of rotatable bonds is 7. The van der Waals surface area contributed by atoms with Crippen molar-refractivity contribution in [2.24, 2.45) is 0 Å². The molecular formula is C27H30N6O2. The summed E-state index contributed by atoms with van der Waals surface area (Å²) in [7, 11) is 4.05. The Kier molecular flexibility index (Phi) is 5.98. The lowest BCUT2D eigenvalue weighted by Crippen LogP contribution is -2.49. The molecule has 2 aromatic carbocycles. The molecule has 1 aliphatic heterocycles. The van der Waals surface area contributed by atoms with E-state index in [9.17, 15) is 9.59 Å². The molecule has 1 aliphatic rings. The molecule has 1 N–H and O–H groups in total. The van der Waals surface area contributed by atoms with Crippen LogP contribution in [0.4, 0.5) is 0 Å². The number of H-pyrrole nitrogens is 1. The van der Waals surface area contributed by atoms with Gasteiger partial charge in [0.2, 0.25) is 5.91 Å². The average Bonchev–Trinajstić information content (AvgIpc) is 3.28. The number of aromatic amines is 1. The van der Waals surface area contributed by atoms with Gasteiger partial charge in [-0.15, -0.1) is 0 Å². The lowest BCUT2D eigenvalue weighted by molar-refractivity contribution is -0.130. The minimum atomic E-state index is -0.0861. The first-order valence-electron chi connectivity index (χ1n) is 11.9. The fourth-order valence-electron chi connectivity index (χ4n) is 4.93. The van der Waals surface area contributed by atoms with Gasteiger partial charge in [-0.2, -0.15) is 5.10 Å². The standard InChI is InChI=1S/C27H30N6O2/c1-5-24(34)32-15-19(16-32)26-29-22-10-8-18(25-17(2)7-9-23-21(25)14-28-30-23)13-20(22)27(35)33(26)12-6-11-31(3)4/h5,7-10,13-14,19H,1,6,11-12,15-16H2,2-4H3,(H,28,30). The topological polar surface area (TPSA) is 87.1 Å². The Balaban J connectivity index is 1.60. The molecule has 1 fully saturated rings. The van der Waals surface area contributed by atoms with Crippen LogP contribution in [-0.4, -0.2) is 69.2 Å². The Bertz CT molecular complexity index is 1490. The second-order valence-electron chi connectivity index (χ2n) is 9.55. The summed E-state index contributed by atoms with van der Waals surface area (Å²) in [6, 6.07) is 10.0. The smallest absolute Gasteiger partial charge is 0.261 e. The van der Waals surface area contributed by atoms with Gasteiger partial charge in [-0.25, -0.2) is 4.98 Å². The van der Waals surface area contributed by atoms with E-state index in [0.29, 0.717) is 30.5 Å². The van der Waals surface area contributed by atoms with Crippen LogP contribution in [0.1, 0.15) is 23.7 Å². The Hall–Kier alpha value is -3.78. The summed E-state index contributed by atoms with van der Waals surface area (Å²) in [5, 5.41) is 8.86. The fourth-order valence-corrected chi connectivity index (χ4v) is 4.93. The van der Waals surface area contributed by atoms with Crippen LogP contribution >= 0.6 is 0 Å². The highest BCUT2D eigenvalue weighted by Gasteiger charge is 2.34. The normalized spacial score (nSPS) is 14.1. The maximum absolute atomic E-state index is 13.8. The summed E-state index contributed by atoms with van der Waals surface area (Å²) in [5.74, 6) is 0.712. The minimum absolute atomic E-state index is 0.0314. The highest BCUT2D eigenvalue weighted by Crippen LogP contribution is 2.33. The third-order valence-electron chi connectivity index (χ3n) is 6.82. The average molecular weight is 471 g/mol. The largest absolute Gasteiger partial charge is 0.338 e. The molecule has 8 heteroatoms. The van der Waals surface area contributed by atoms with Crippen LogP contribution in [0.3, 0.4) is 0 Å². The molecule has 0 unspecified atom stereocenters. The molecule has 0 atom stereocenters. The lowest BCUT2D eigenvalue weighted by Gasteiger charge is -2.39. The summed E-state index contributed by atoms with van der Waals surface area (Å²) < 4.78 is 1.82. The Morgan fingerprint density at radius 2 is 2.03 bits per heavy atom. The van der Waals surface area contributed by atoms with Crippen molar-refractivity contribution in [2.75, 3.05) is 33.7 Å². The molecule has 8 nitrogen and oxygen atoms in total. The molecule has 0 bridgehead atoms. The van der Waals surface area contributed by atoms with Crippen molar-refractivity contribution in [3.63, 3.8) is 0 Å². The van der Waals surface area contributed by atoms with Crippen molar-refractivity contribution in [1.82, 2.24) is 29.5 Å². The number of hydrogen-bond donors (Lipinski definition) is 1. The van der Waals surface area contributed by atoms with Crippen molar-refractivity contribution in [3.8, 4) is 11.1 Å². The van der Waals surface area contributed by atoms with Gasteiger partial charge in [0, 0.05) is 25.0 Å². The number of carbonyl (C=O) groups excluding carboxylic acids is 1. The van der Waals surface area contributed by atoms with Gasteiger partial charge in [-0.3, -0.25) is 19.3 Å². The molecule has 35 heavy (non-hydrogen) atoms. The van der Waals surface area contributed by atoms with Gasteiger partial charge in [0.1, 0.15) is 5.82 Å². The first-order chi connectivity index (χ1) is 16.9. The van der Waals surface area contributed by atoms with E-state index >= 15 is 0 Å². The molecule has 0 aliphatic carbocycles. The number of hydrogen-bond acceptors (Lipinski definition) is 5. The molecule has 180 valence electrons. The highest BCUT2D eigenvalue weighted by molar-refractivity contribution is 5.98. The molecular weight excluding hydrogens is 440 g/mol. The second-order valence-corrected chi connectivity index (χ2v) is 9.55. The number of likely N-dealkylation sites (tertiary alicyclic amines) is 1. The second kappa shape index (κ2) is 9.11. The van der Waals surface area contributed by atoms with Gasteiger partial charge in [0.15, 0.2) is 0 Å². The Morgan fingerprint density at radius 1 is 1.23 bits per heavy atom. The van der Waals surface area contributed by atoms with Crippen LogP contribution in [0.5, 0.6) is 0 Å². The summed E-state index contributed by atoms with van der Waals surface area (Å²) in [6.07, 6.45) is 4.00. The molecule has 0 saturated carbocycles. The van der Waals surface area contributed by atoms with E-state index in [4.69, 9.17) is 4.98 Å². The summed E-state index contributed by atoms with van der Waals surface area (Å²) >= 11 is 0. The first-order valence-corrected chi connectivity index (χ1v) is 11.9. The Morgan fingerprint density at radius 3 is 2.77 bits per heavy atom. The number of nitrogens with zero attached hydrogens (tertiary/aromatic N) is 5. The van der Waals surface area contributed by atoms with Gasteiger partial charge in [-0.1, -0.05) is 18.7 Å². The molecule has 4 aromatic rings. The maximum Gasteiger partial charge on any atom is 0.261 e. The molecule has 0 spiro atoms. The van der Waals surface area contributed by atoms with Gasteiger partial charge in [0.05, 0.1) is 28.5 Å². The van der Waals surface area contributed by atoms with Crippen molar-refractivity contribution in [1.29, 1.82) is 0 Å². The lowest BCUT2D eigenvalue weighted by atomic mass is 9.95. The maximum atomic E-state index is 13.8. The van der Waals surface area contributed by atoms with Gasteiger partial charge < -0.3 is 9.80 Å². The molecule has 1 saturated heterocycles. The third kappa shape index (κ3) is 4.14. The van der Waals surface area contributed by atoms with Crippen LogP contribution in [0.15, 0.2) is 54.0 Å². The molecule has 3 heterocycles. The number of aromatic nitrogens is 4. The van der Waals surface area contributed by atoms with E-state index in [1.807, 2.05) is 49.1 Å². The van der Waals surface area contributed by atoms with Crippen molar-refractivity contribution in [3.05, 3.63) is 70.9 Å². The number of fused-ring (bicyclic) bond motifs is 2. The summed E-state index contributed by atoms with van der Waals surface area (Å²) in [5.41, 5.74) is 4.77. The molecule has 1 amide bonds. The van der Waals surface area contributed by atoms with Crippen LogP contribution < -0.4 is 5.56 Å². The van der Waals surface area contributed by atoms with Gasteiger partial charge >= 0.3 is 0 Å². The number of nitrogens with one attached hydrogen (secondary N) is 1. The first kappa shape index (κ1) is 23.0. The number of carbonyl (C=O) groups is 1. The van der Waals surface area contributed by atoms with Crippen LogP contribution in [0, 0.1) is 6.92 Å². The van der Waals surface area contributed by atoms with E-state index in [0.717, 1.165) is 46.4 Å². The van der Waals surface area contributed by atoms with Gasteiger partial charge in [0.25, 0.3) is 5.56 Å². The van der Waals surface area contributed by atoms with E-state index in [1.54, 1.807) is 4.90 Å². The van der Waals surface area contributed by atoms with Crippen LogP contribution in [0.25, 0.3) is 32.9 Å². The Labute approximate surface area is 203 Å². The summed E-state index contributed by atoms with van der Waals surface area (Å²) in [6.45, 7) is 8.20. The number of benzene rings is 2. The number of amides is 1. The van der Waals surface area contributed by atoms with Crippen molar-refractivity contribution < 1.29 is 4.79 Å². The molecule has 5 rings (SSSR count). The van der Waals surface area contributed by atoms with Crippen LogP contribution in [-0.2, 0) is 11.3 Å². The molecule has 0 radical (unpaired) electrons. The zero-order valence-electron chi connectivity index (χ0n) is 20.4. The predicted molar refractivity (Wildman–Crippen MR) is 139 cm³/mol.